The molecule has 0 amide bonds. The number of benzene rings is 1. The van der Waals surface area contributed by atoms with Crippen LogP contribution in [0.2, 0.25) is 0 Å². The minimum absolute atomic E-state index is 0.132. The van der Waals surface area contributed by atoms with Crippen LogP contribution >= 0.6 is 0 Å². The Morgan fingerprint density at radius 3 is 2.26 bits per heavy atom. The Labute approximate surface area is 118 Å². The first-order valence-electron chi connectivity index (χ1n) is 7.20. The summed E-state index contributed by atoms with van der Waals surface area (Å²) in [6.07, 6.45) is 0.168. The van der Waals surface area contributed by atoms with Gasteiger partial charge in [-0.3, -0.25) is 0 Å². The molecule has 0 aromatic heterocycles. The molecular weight excluding hydrogens is 234 g/mol. The van der Waals surface area contributed by atoms with Gasteiger partial charge in [-0.05, 0) is 63.8 Å². The van der Waals surface area contributed by atoms with Crippen molar-refractivity contribution in [1.29, 1.82) is 0 Å². The highest BCUT2D eigenvalue weighted by Gasteiger charge is 2.12. The van der Waals surface area contributed by atoms with Crippen LogP contribution in [0.4, 0.5) is 0 Å². The standard InChI is InChI=1S/C17H29NO/c1-12(2)15-8-13(3)9-16(10-15)19-14(4)11-18-17(5,6)7/h8-10,12,14,18H,11H2,1-7H3. The van der Waals surface area contributed by atoms with E-state index in [0.29, 0.717) is 5.92 Å². The molecule has 19 heavy (non-hydrogen) atoms. The molecule has 0 aliphatic carbocycles. The Morgan fingerprint density at radius 2 is 1.74 bits per heavy atom. The summed E-state index contributed by atoms with van der Waals surface area (Å²) in [5.74, 6) is 1.51. The molecule has 0 saturated heterocycles. The van der Waals surface area contributed by atoms with Gasteiger partial charge in [0.15, 0.2) is 0 Å². The van der Waals surface area contributed by atoms with Gasteiger partial charge in [-0.1, -0.05) is 19.9 Å². The first-order valence-corrected chi connectivity index (χ1v) is 7.20. The molecule has 0 bridgehead atoms. The maximum atomic E-state index is 6.02. The van der Waals surface area contributed by atoms with E-state index in [-0.39, 0.29) is 11.6 Å². The lowest BCUT2D eigenvalue weighted by Gasteiger charge is -2.24. The van der Waals surface area contributed by atoms with Gasteiger partial charge in [-0.15, -0.1) is 0 Å². The lowest BCUT2D eigenvalue weighted by atomic mass is 10.0. The third-order valence-electron chi connectivity index (χ3n) is 3.00. The fourth-order valence-electron chi connectivity index (χ4n) is 1.90. The van der Waals surface area contributed by atoms with Gasteiger partial charge < -0.3 is 10.1 Å². The maximum Gasteiger partial charge on any atom is 0.120 e. The van der Waals surface area contributed by atoms with Gasteiger partial charge in [-0.25, -0.2) is 0 Å². The summed E-state index contributed by atoms with van der Waals surface area (Å²) in [6.45, 7) is 16.0. The second-order valence-corrected chi connectivity index (χ2v) is 6.79. The Bertz CT molecular complexity index is 404. The molecule has 0 fully saturated rings. The highest BCUT2D eigenvalue weighted by atomic mass is 16.5. The smallest absolute Gasteiger partial charge is 0.120 e. The van der Waals surface area contributed by atoms with Crippen LogP contribution in [0.15, 0.2) is 18.2 Å². The minimum Gasteiger partial charge on any atom is -0.489 e. The average Bonchev–Trinajstić information content (AvgIpc) is 2.24. The molecule has 108 valence electrons. The Kier molecular flexibility index (Phi) is 5.42. The molecule has 0 saturated carbocycles. The van der Waals surface area contributed by atoms with E-state index < -0.39 is 0 Å². The van der Waals surface area contributed by atoms with E-state index in [4.69, 9.17) is 4.74 Å². The van der Waals surface area contributed by atoms with Crippen LogP contribution in [-0.2, 0) is 0 Å². The van der Waals surface area contributed by atoms with Crippen molar-refractivity contribution in [2.45, 2.75) is 66.0 Å². The molecule has 0 heterocycles. The van der Waals surface area contributed by atoms with Gasteiger partial charge in [0.2, 0.25) is 0 Å². The van der Waals surface area contributed by atoms with Crippen LogP contribution in [0.3, 0.4) is 0 Å². The highest BCUT2D eigenvalue weighted by molar-refractivity contribution is 5.35. The molecule has 2 heteroatoms. The van der Waals surface area contributed by atoms with Gasteiger partial charge in [0.1, 0.15) is 11.9 Å². The lowest BCUT2D eigenvalue weighted by molar-refractivity contribution is 0.203. The second-order valence-electron chi connectivity index (χ2n) is 6.79. The molecule has 1 aromatic rings. The zero-order valence-electron chi connectivity index (χ0n) is 13.5. The number of aryl methyl sites for hydroxylation is 1. The van der Waals surface area contributed by atoms with Gasteiger partial charge in [0.05, 0.1) is 0 Å². The molecule has 0 aliphatic rings. The average molecular weight is 263 g/mol. The molecule has 1 rings (SSSR count). The summed E-state index contributed by atoms with van der Waals surface area (Å²) in [4.78, 5) is 0. The molecule has 0 aliphatic heterocycles. The quantitative estimate of drug-likeness (QED) is 0.856. The van der Waals surface area contributed by atoms with Crippen LogP contribution in [0.25, 0.3) is 0 Å². The number of ether oxygens (including phenoxy) is 1. The second kappa shape index (κ2) is 6.42. The molecule has 0 radical (unpaired) electrons. The summed E-state index contributed by atoms with van der Waals surface area (Å²) in [6, 6.07) is 6.50. The molecule has 1 N–H and O–H groups in total. The van der Waals surface area contributed by atoms with Crippen LogP contribution in [-0.4, -0.2) is 18.2 Å². The van der Waals surface area contributed by atoms with Gasteiger partial charge in [-0.2, -0.15) is 0 Å². The first-order chi connectivity index (χ1) is 8.67. The monoisotopic (exact) mass is 263 g/mol. The number of hydrogen-bond donors (Lipinski definition) is 1. The zero-order chi connectivity index (χ0) is 14.6. The van der Waals surface area contributed by atoms with Crippen molar-refractivity contribution in [1.82, 2.24) is 5.32 Å². The fraction of sp³-hybridized carbons (Fsp3) is 0.647. The van der Waals surface area contributed by atoms with Crippen LogP contribution < -0.4 is 10.1 Å². The molecular formula is C17H29NO. The molecule has 1 atom stereocenters. The Balaban J connectivity index is 2.66. The summed E-state index contributed by atoms with van der Waals surface area (Å²) < 4.78 is 6.02. The highest BCUT2D eigenvalue weighted by Crippen LogP contribution is 2.23. The van der Waals surface area contributed by atoms with Gasteiger partial charge >= 0.3 is 0 Å². The largest absolute Gasteiger partial charge is 0.489 e. The van der Waals surface area contributed by atoms with E-state index in [2.05, 4.69) is 72.0 Å². The van der Waals surface area contributed by atoms with E-state index in [1.807, 2.05) is 0 Å². The summed E-state index contributed by atoms with van der Waals surface area (Å²) in [5.41, 5.74) is 2.73. The van der Waals surface area contributed by atoms with Crippen LogP contribution in [0.1, 0.15) is 58.6 Å². The van der Waals surface area contributed by atoms with Crippen molar-refractivity contribution in [3.63, 3.8) is 0 Å². The Morgan fingerprint density at radius 1 is 1.11 bits per heavy atom. The summed E-state index contributed by atoms with van der Waals surface area (Å²) in [5, 5.41) is 3.47. The normalized spacial score (nSPS) is 13.7. The first kappa shape index (κ1) is 16.0. The Hall–Kier alpha value is -1.02. The van der Waals surface area contributed by atoms with Crippen molar-refractivity contribution in [3.8, 4) is 5.75 Å². The predicted molar refractivity (Wildman–Crippen MR) is 83.1 cm³/mol. The van der Waals surface area contributed by atoms with Crippen molar-refractivity contribution in [3.05, 3.63) is 29.3 Å². The maximum absolute atomic E-state index is 6.02. The van der Waals surface area contributed by atoms with Crippen molar-refractivity contribution in [2.24, 2.45) is 0 Å². The van der Waals surface area contributed by atoms with E-state index in [1.54, 1.807) is 0 Å². The predicted octanol–water partition coefficient (Wildman–Crippen LogP) is 4.27. The van der Waals surface area contributed by atoms with Gasteiger partial charge in [0.25, 0.3) is 0 Å². The number of hydrogen-bond acceptors (Lipinski definition) is 2. The SMILES string of the molecule is Cc1cc(OC(C)CNC(C)(C)C)cc(C(C)C)c1. The zero-order valence-corrected chi connectivity index (χ0v) is 13.5. The van der Waals surface area contributed by atoms with Crippen molar-refractivity contribution < 1.29 is 4.74 Å². The molecule has 1 aromatic carbocycles. The fourth-order valence-corrected chi connectivity index (χ4v) is 1.90. The summed E-state index contributed by atoms with van der Waals surface area (Å²) in [7, 11) is 0. The third-order valence-corrected chi connectivity index (χ3v) is 3.00. The molecule has 0 spiro atoms. The summed E-state index contributed by atoms with van der Waals surface area (Å²) >= 11 is 0. The van der Waals surface area contributed by atoms with E-state index >= 15 is 0 Å². The molecule has 2 nitrogen and oxygen atoms in total. The van der Waals surface area contributed by atoms with E-state index in [9.17, 15) is 0 Å². The lowest BCUT2D eigenvalue weighted by Crippen LogP contribution is -2.41. The number of nitrogens with one attached hydrogen (secondary N) is 1. The molecule has 1 unspecified atom stereocenters. The van der Waals surface area contributed by atoms with Crippen molar-refractivity contribution in [2.75, 3.05) is 6.54 Å². The number of rotatable bonds is 5. The minimum atomic E-state index is 0.132. The van der Waals surface area contributed by atoms with Crippen LogP contribution in [0, 0.1) is 6.92 Å². The van der Waals surface area contributed by atoms with Crippen molar-refractivity contribution >= 4 is 0 Å². The third kappa shape index (κ3) is 6.11. The van der Waals surface area contributed by atoms with E-state index in [0.717, 1.165) is 12.3 Å². The van der Waals surface area contributed by atoms with Gasteiger partial charge in [0, 0.05) is 12.1 Å². The topological polar surface area (TPSA) is 21.3 Å². The van der Waals surface area contributed by atoms with E-state index in [1.165, 1.54) is 11.1 Å². The van der Waals surface area contributed by atoms with Crippen LogP contribution in [0.5, 0.6) is 5.75 Å².